The summed E-state index contributed by atoms with van der Waals surface area (Å²) in [6.07, 6.45) is -2.46. The monoisotopic (exact) mass is 307 g/mol. The normalized spacial score (nSPS) is 14.5. The van der Waals surface area contributed by atoms with Crippen LogP contribution < -0.4 is 4.74 Å². The Morgan fingerprint density at radius 2 is 2.20 bits per heavy atom. The molecule has 20 heavy (non-hydrogen) atoms. The molecule has 0 bridgehead atoms. The molecule has 0 aromatic heterocycles. The molecule has 1 aliphatic heterocycles. The summed E-state index contributed by atoms with van der Waals surface area (Å²) in [6.45, 7) is 0.349. The van der Waals surface area contributed by atoms with Crippen molar-refractivity contribution in [3.8, 4) is 5.75 Å². The van der Waals surface area contributed by atoms with Crippen LogP contribution >= 0.6 is 11.6 Å². The smallest absolute Gasteiger partial charge is 0.251 e. The van der Waals surface area contributed by atoms with Gasteiger partial charge < -0.3 is 14.6 Å². The first-order valence-electron chi connectivity index (χ1n) is 6.23. The first kappa shape index (κ1) is 15.4. The van der Waals surface area contributed by atoms with Crippen molar-refractivity contribution >= 4 is 11.6 Å². The molecular formula is C13H16ClF2NO3. The molecule has 1 aromatic rings. The molecule has 0 saturated carbocycles. The number of aliphatic hydroxyl groups excluding tert-OH is 1. The lowest BCUT2D eigenvalue weighted by atomic mass is 10.1. The van der Waals surface area contributed by atoms with Gasteiger partial charge in [-0.05, 0) is 12.1 Å². The third-order valence-electron chi connectivity index (χ3n) is 2.96. The highest BCUT2D eigenvalue weighted by Gasteiger charge is 2.19. The lowest BCUT2D eigenvalue weighted by Gasteiger charge is -2.25. The maximum atomic E-state index is 12.5. The number of aliphatic hydroxyl groups is 1. The van der Waals surface area contributed by atoms with E-state index in [2.05, 4.69) is 0 Å². The number of hydrogen-bond acceptors (Lipinski definition) is 4. The Bertz CT molecular complexity index is 459. The van der Waals surface area contributed by atoms with Crippen LogP contribution in [0.2, 0.25) is 5.02 Å². The summed E-state index contributed by atoms with van der Waals surface area (Å²) < 4.78 is 35.7. The van der Waals surface area contributed by atoms with E-state index in [1.54, 1.807) is 12.1 Å². The van der Waals surface area contributed by atoms with Gasteiger partial charge in [0.05, 0.1) is 19.8 Å². The summed E-state index contributed by atoms with van der Waals surface area (Å²) in [5, 5.41) is 9.46. The Labute approximate surface area is 120 Å². The topological polar surface area (TPSA) is 41.9 Å². The number of ether oxygens (including phenoxy) is 2. The first-order chi connectivity index (χ1) is 9.60. The van der Waals surface area contributed by atoms with E-state index in [1.165, 1.54) is 4.90 Å². The van der Waals surface area contributed by atoms with Crippen LogP contribution in [0, 0.1) is 0 Å². The van der Waals surface area contributed by atoms with Gasteiger partial charge in [-0.3, -0.25) is 4.90 Å². The summed E-state index contributed by atoms with van der Waals surface area (Å²) in [5.41, 5.74) is 1.53. The van der Waals surface area contributed by atoms with Crippen molar-refractivity contribution in [3.63, 3.8) is 0 Å². The number of halogens is 3. The van der Waals surface area contributed by atoms with Gasteiger partial charge in [0.1, 0.15) is 5.75 Å². The standard InChI is InChI=1S/C13H16ClF2NO3/c14-11-3-9(5-17(1-2-18)6-12(15)16)13-10(4-11)7-19-8-20-13/h3-4,12,18H,1-2,5-8H2. The Balaban J connectivity index is 2.20. The molecule has 1 heterocycles. The Kier molecular flexibility index (Phi) is 5.54. The number of benzene rings is 1. The van der Waals surface area contributed by atoms with Crippen molar-refractivity contribution in [2.75, 3.05) is 26.5 Å². The van der Waals surface area contributed by atoms with Crippen molar-refractivity contribution in [1.82, 2.24) is 4.90 Å². The molecule has 0 amide bonds. The Morgan fingerprint density at radius 1 is 1.40 bits per heavy atom. The van der Waals surface area contributed by atoms with Gasteiger partial charge in [0.2, 0.25) is 0 Å². The maximum absolute atomic E-state index is 12.5. The van der Waals surface area contributed by atoms with Crippen molar-refractivity contribution in [2.24, 2.45) is 0 Å². The summed E-state index contributed by atoms with van der Waals surface area (Å²) in [5.74, 6) is 0.637. The fraction of sp³-hybridized carbons (Fsp3) is 0.538. The highest BCUT2D eigenvalue weighted by molar-refractivity contribution is 6.30. The zero-order valence-electron chi connectivity index (χ0n) is 10.8. The van der Waals surface area contributed by atoms with Crippen LogP contribution in [-0.2, 0) is 17.9 Å². The second-order valence-electron chi connectivity index (χ2n) is 4.51. The van der Waals surface area contributed by atoms with Gasteiger partial charge >= 0.3 is 0 Å². The average Bonchev–Trinajstić information content (AvgIpc) is 2.38. The molecule has 0 radical (unpaired) electrons. The van der Waals surface area contributed by atoms with Crippen LogP contribution in [0.25, 0.3) is 0 Å². The molecule has 0 atom stereocenters. The maximum Gasteiger partial charge on any atom is 0.251 e. The van der Waals surface area contributed by atoms with Crippen LogP contribution in [0.3, 0.4) is 0 Å². The third-order valence-corrected chi connectivity index (χ3v) is 3.18. The molecule has 0 spiro atoms. The quantitative estimate of drug-likeness (QED) is 0.875. The van der Waals surface area contributed by atoms with E-state index in [1.807, 2.05) is 0 Å². The number of hydrogen-bond donors (Lipinski definition) is 1. The Morgan fingerprint density at radius 3 is 2.90 bits per heavy atom. The lowest BCUT2D eigenvalue weighted by molar-refractivity contribution is -0.0178. The summed E-state index contributed by atoms with van der Waals surface area (Å²) >= 11 is 6.02. The zero-order valence-corrected chi connectivity index (χ0v) is 11.6. The summed E-state index contributed by atoms with van der Waals surface area (Å²) in [6, 6.07) is 3.44. The Hall–Kier alpha value is -0.950. The molecule has 1 aliphatic rings. The number of alkyl halides is 2. The van der Waals surface area contributed by atoms with Crippen LogP contribution in [0.1, 0.15) is 11.1 Å². The minimum Gasteiger partial charge on any atom is -0.467 e. The van der Waals surface area contributed by atoms with Crippen molar-refractivity contribution in [3.05, 3.63) is 28.3 Å². The van der Waals surface area contributed by atoms with E-state index >= 15 is 0 Å². The van der Waals surface area contributed by atoms with Gasteiger partial charge in [0.15, 0.2) is 6.79 Å². The van der Waals surface area contributed by atoms with Gasteiger partial charge in [-0.25, -0.2) is 8.78 Å². The van der Waals surface area contributed by atoms with Gasteiger partial charge in [0.25, 0.3) is 6.43 Å². The van der Waals surface area contributed by atoms with Crippen molar-refractivity contribution in [2.45, 2.75) is 19.6 Å². The van der Waals surface area contributed by atoms with Crippen molar-refractivity contribution in [1.29, 1.82) is 0 Å². The second-order valence-corrected chi connectivity index (χ2v) is 4.95. The minimum atomic E-state index is -2.46. The molecule has 2 rings (SSSR count). The fourth-order valence-electron chi connectivity index (χ4n) is 2.19. The highest BCUT2D eigenvalue weighted by atomic mass is 35.5. The highest BCUT2D eigenvalue weighted by Crippen LogP contribution is 2.32. The zero-order chi connectivity index (χ0) is 14.5. The third kappa shape index (κ3) is 4.02. The fourth-order valence-corrected chi connectivity index (χ4v) is 2.45. The van der Waals surface area contributed by atoms with E-state index in [4.69, 9.17) is 26.2 Å². The summed E-state index contributed by atoms with van der Waals surface area (Å²) in [4.78, 5) is 1.47. The SMILES string of the molecule is OCCN(Cc1cc(Cl)cc2c1OCOC2)CC(F)F. The molecule has 0 saturated heterocycles. The number of fused-ring (bicyclic) bond motifs is 1. The van der Waals surface area contributed by atoms with E-state index in [0.717, 1.165) is 11.1 Å². The summed E-state index contributed by atoms with van der Waals surface area (Å²) in [7, 11) is 0. The van der Waals surface area contributed by atoms with Gasteiger partial charge in [-0.2, -0.15) is 0 Å². The van der Waals surface area contributed by atoms with Gasteiger partial charge in [0, 0.05) is 29.2 Å². The molecule has 4 nitrogen and oxygen atoms in total. The largest absolute Gasteiger partial charge is 0.467 e. The lowest BCUT2D eigenvalue weighted by Crippen LogP contribution is -2.31. The molecule has 0 fully saturated rings. The van der Waals surface area contributed by atoms with Gasteiger partial charge in [-0.15, -0.1) is 0 Å². The van der Waals surface area contributed by atoms with Crippen molar-refractivity contribution < 1.29 is 23.4 Å². The van der Waals surface area contributed by atoms with E-state index < -0.39 is 13.0 Å². The van der Waals surface area contributed by atoms with Crippen LogP contribution in [0.4, 0.5) is 8.78 Å². The molecule has 112 valence electrons. The second kappa shape index (κ2) is 7.17. The van der Waals surface area contributed by atoms with E-state index in [0.29, 0.717) is 17.4 Å². The molecule has 0 aliphatic carbocycles. The van der Waals surface area contributed by atoms with Crippen LogP contribution in [0.15, 0.2) is 12.1 Å². The molecule has 7 heteroatoms. The molecule has 0 unspecified atom stereocenters. The molecular weight excluding hydrogens is 292 g/mol. The van der Waals surface area contributed by atoms with Crippen LogP contribution in [-0.4, -0.2) is 42.9 Å². The first-order valence-corrected chi connectivity index (χ1v) is 6.61. The predicted molar refractivity (Wildman–Crippen MR) is 70.1 cm³/mol. The van der Waals surface area contributed by atoms with Gasteiger partial charge in [-0.1, -0.05) is 11.6 Å². The molecule has 1 N–H and O–H groups in total. The predicted octanol–water partition coefficient (Wildman–Crippen LogP) is 2.27. The number of rotatable bonds is 6. The average molecular weight is 308 g/mol. The molecule has 1 aromatic carbocycles. The minimum absolute atomic E-state index is 0.135. The number of nitrogens with zero attached hydrogens (tertiary/aromatic N) is 1. The van der Waals surface area contributed by atoms with E-state index in [9.17, 15) is 8.78 Å². The van der Waals surface area contributed by atoms with E-state index in [-0.39, 0.29) is 26.5 Å². The van der Waals surface area contributed by atoms with Crippen LogP contribution in [0.5, 0.6) is 5.75 Å².